The zero-order chi connectivity index (χ0) is 7.07. The predicted molar refractivity (Wildman–Crippen MR) is 44.2 cm³/mol. The molecule has 3 heteroatoms. The van der Waals surface area contributed by atoms with Crippen LogP contribution >= 0.6 is 10.7 Å². The first-order chi connectivity index (χ1) is 4.04. The fraction of sp³-hybridized carbons (Fsp3) is 0.500. The van der Waals surface area contributed by atoms with Crippen LogP contribution in [0.15, 0.2) is 11.5 Å². The van der Waals surface area contributed by atoms with Crippen LogP contribution in [0.25, 0.3) is 0 Å². The van der Waals surface area contributed by atoms with Gasteiger partial charge in [-0.25, -0.2) is 0 Å². The van der Waals surface area contributed by atoms with Gasteiger partial charge in [-0.05, 0) is 13.8 Å². The normalized spacial score (nSPS) is 32.3. The third kappa shape index (κ3) is 1.08. The minimum absolute atomic E-state index is 0.0118. The second kappa shape index (κ2) is 1.94. The monoisotopic (exact) mass is 144 g/mol. The molecule has 1 atom stereocenters. The van der Waals surface area contributed by atoms with Crippen LogP contribution in [-0.4, -0.2) is 11.0 Å². The summed E-state index contributed by atoms with van der Waals surface area (Å²) in [7, 11) is -0.218. The van der Waals surface area contributed by atoms with Gasteiger partial charge in [0, 0.05) is 15.9 Å². The Balaban J connectivity index is 2.86. The maximum atomic E-state index is 5.66. The summed E-state index contributed by atoms with van der Waals surface area (Å²) >= 11 is 0. The van der Waals surface area contributed by atoms with Gasteiger partial charge in [0.1, 0.15) is 0 Å². The topological polar surface area (TPSA) is 38.0 Å². The van der Waals surface area contributed by atoms with E-state index in [1.165, 1.54) is 0 Å². The summed E-state index contributed by atoms with van der Waals surface area (Å²) in [6.45, 7) is 8.03. The van der Waals surface area contributed by atoms with Crippen molar-refractivity contribution in [2.45, 2.75) is 19.4 Å². The highest BCUT2D eigenvalue weighted by Gasteiger charge is 2.25. The van der Waals surface area contributed by atoms with E-state index in [4.69, 9.17) is 5.14 Å². The largest absolute Gasteiger partial charge is 0.279 e. The van der Waals surface area contributed by atoms with Gasteiger partial charge in [-0.15, -0.1) is 0 Å². The number of rotatable bonds is 0. The molecule has 2 nitrogen and oxygen atoms in total. The van der Waals surface area contributed by atoms with Crippen LogP contribution in [0.1, 0.15) is 13.8 Å². The minimum Gasteiger partial charge on any atom is -0.279 e. The molecule has 0 radical (unpaired) electrons. The summed E-state index contributed by atoms with van der Waals surface area (Å²) in [5.41, 5.74) is 1.92. The second-order valence-corrected chi connectivity index (χ2v) is 4.15. The standard InChI is InChI=1S/C6H12N2S/c1-5-6(2,3)8-4-9(5)7/h4,8H,1,7H2,2-3H3. The van der Waals surface area contributed by atoms with Gasteiger partial charge in [-0.2, -0.15) is 0 Å². The smallest absolute Gasteiger partial charge is 0.0481 e. The van der Waals surface area contributed by atoms with Gasteiger partial charge in [0.05, 0.1) is 0 Å². The van der Waals surface area contributed by atoms with Gasteiger partial charge in [-0.1, -0.05) is 17.2 Å². The molecule has 1 rings (SSSR count). The van der Waals surface area contributed by atoms with Gasteiger partial charge < -0.3 is 0 Å². The van der Waals surface area contributed by atoms with E-state index in [1.54, 1.807) is 0 Å². The highest BCUT2D eigenvalue weighted by Crippen LogP contribution is 2.30. The van der Waals surface area contributed by atoms with E-state index in [-0.39, 0.29) is 16.2 Å². The maximum absolute atomic E-state index is 5.66. The molecule has 1 aliphatic heterocycles. The molecular weight excluding hydrogens is 132 g/mol. The Morgan fingerprint density at radius 3 is 2.44 bits per heavy atom. The first-order valence-electron chi connectivity index (χ1n) is 2.82. The Bertz CT molecular complexity index is 181. The van der Waals surface area contributed by atoms with Gasteiger partial charge in [0.25, 0.3) is 0 Å². The molecule has 52 valence electrons. The lowest BCUT2D eigenvalue weighted by molar-refractivity contribution is 0.585. The van der Waals surface area contributed by atoms with Gasteiger partial charge >= 0.3 is 0 Å². The molecule has 0 amide bonds. The van der Waals surface area contributed by atoms with Crippen LogP contribution in [0.4, 0.5) is 0 Å². The Kier molecular flexibility index (Phi) is 1.50. The maximum Gasteiger partial charge on any atom is 0.0481 e. The molecule has 0 fully saturated rings. The van der Waals surface area contributed by atoms with E-state index in [0.29, 0.717) is 0 Å². The molecule has 1 unspecified atom stereocenters. The molecule has 0 aromatic rings. The molecule has 3 N–H and O–H groups in total. The van der Waals surface area contributed by atoms with Crippen molar-refractivity contribution in [3.63, 3.8) is 0 Å². The summed E-state index contributed by atoms with van der Waals surface area (Å²) in [6.07, 6.45) is 0. The molecular formula is C6H12N2S. The number of hydrogen-bond acceptors (Lipinski definition) is 2. The Labute approximate surface area is 58.2 Å². The van der Waals surface area contributed by atoms with Crippen molar-refractivity contribution in [3.05, 3.63) is 11.5 Å². The van der Waals surface area contributed by atoms with Gasteiger partial charge in [-0.3, -0.25) is 10.5 Å². The molecule has 1 aliphatic rings. The molecule has 9 heavy (non-hydrogen) atoms. The average molecular weight is 144 g/mol. The van der Waals surface area contributed by atoms with Crippen LogP contribution in [0.3, 0.4) is 0 Å². The molecule has 0 aromatic carbocycles. The molecule has 1 heterocycles. The predicted octanol–water partition coefficient (Wildman–Crippen LogP) is 0.784. The van der Waals surface area contributed by atoms with Crippen molar-refractivity contribution in [2.75, 3.05) is 0 Å². The zero-order valence-corrected chi connectivity index (χ0v) is 6.59. The molecule has 0 bridgehead atoms. The van der Waals surface area contributed by atoms with Crippen LogP contribution in [0, 0.1) is 0 Å². The summed E-state index contributed by atoms with van der Waals surface area (Å²) in [4.78, 5) is 1.09. The van der Waals surface area contributed by atoms with E-state index >= 15 is 0 Å². The van der Waals surface area contributed by atoms with E-state index in [9.17, 15) is 0 Å². The molecule has 0 saturated carbocycles. The fourth-order valence-corrected chi connectivity index (χ4v) is 1.87. The van der Waals surface area contributed by atoms with Crippen molar-refractivity contribution in [2.24, 2.45) is 5.14 Å². The summed E-state index contributed by atoms with van der Waals surface area (Å²) in [5.74, 6) is 0. The Morgan fingerprint density at radius 2 is 2.33 bits per heavy atom. The Morgan fingerprint density at radius 1 is 1.78 bits per heavy atom. The van der Waals surface area contributed by atoms with Crippen molar-refractivity contribution in [1.82, 2.24) is 5.32 Å². The van der Waals surface area contributed by atoms with E-state index < -0.39 is 0 Å². The number of nitrogens with two attached hydrogens (primary N) is 1. The first-order valence-corrected chi connectivity index (χ1v) is 4.17. The summed E-state index contributed by atoms with van der Waals surface area (Å²) in [6, 6.07) is 0. The fourth-order valence-electron chi connectivity index (χ4n) is 0.657. The number of nitrogens with one attached hydrogen (secondary N) is 1. The van der Waals surface area contributed by atoms with E-state index in [0.717, 1.165) is 4.91 Å². The first kappa shape index (κ1) is 6.99. The SMILES string of the molecule is C=C1S(N)=CNC1(C)C. The van der Waals surface area contributed by atoms with Crippen LogP contribution in [0.2, 0.25) is 0 Å². The highest BCUT2D eigenvalue weighted by molar-refractivity contribution is 8.16. The molecule has 0 aromatic heterocycles. The molecule has 0 spiro atoms. The van der Waals surface area contributed by atoms with Crippen LogP contribution in [0.5, 0.6) is 0 Å². The Hall–Kier alpha value is -0.120. The molecule has 0 saturated heterocycles. The summed E-state index contributed by atoms with van der Waals surface area (Å²) in [5, 5.41) is 8.82. The van der Waals surface area contributed by atoms with E-state index in [1.807, 2.05) is 5.49 Å². The number of hydrogen-bond donors (Lipinski definition) is 2. The summed E-state index contributed by atoms with van der Waals surface area (Å²) < 4.78 is 0. The van der Waals surface area contributed by atoms with Gasteiger partial charge in [0.2, 0.25) is 0 Å². The van der Waals surface area contributed by atoms with Crippen molar-refractivity contribution in [3.8, 4) is 0 Å². The van der Waals surface area contributed by atoms with Crippen molar-refractivity contribution >= 4 is 16.2 Å². The van der Waals surface area contributed by atoms with Crippen LogP contribution < -0.4 is 10.5 Å². The minimum atomic E-state index is -0.218. The van der Waals surface area contributed by atoms with Gasteiger partial charge in [0.15, 0.2) is 0 Å². The zero-order valence-electron chi connectivity index (χ0n) is 5.77. The van der Waals surface area contributed by atoms with E-state index in [2.05, 4.69) is 25.7 Å². The second-order valence-electron chi connectivity index (χ2n) is 2.68. The third-order valence-electron chi connectivity index (χ3n) is 1.53. The van der Waals surface area contributed by atoms with Crippen LogP contribution in [-0.2, 0) is 0 Å². The lowest BCUT2D eigenvalue weighted by atomic mass is 10.1. The molecule has 0 aliphatic carbocycles. The average Bonchev–Trinajstić information content (AvgIpc) is 1.97. The van der Waals surface area contributed by atoms with Crippen molar-refractivity contribution < 1.29 is 0 Å². The quantitative estimate of drug-likeness (QED) is 0.493. The van der Waals surface area contributed by atoms with Crippen molar-refractivity contribution in [1.29, 1.82) is 0 Å². The highest BCUT2D eigenvalue weighted by atomic mass is 32.2. The third-order valence-corrected chi connectivity index (χ3v) is 2.98. The lowest BCUT2D eigenvalue weighted by Gasteiger charge is -2.19. The lowest BCUT2D eigenvalue weighted by Crippen LogP contribution is -2.34.